The van der Waals surface area contributed by atoms with Crippen molar-refractivity contribution in [1.82, 2.24) is 4.90 Å². The fourth-order valence-corrected chi connectivity index (χ4v) is 24.3. The molecule has 1 fully saturated rings. The molecule has 62 heavy (non-hydrogen) atoms. The smallest absolute Gasteiger partial charge is 0.102 e. The van der Waals surface area contributed by atoms with Crippen LogP contribution in [0.5, 0.6) is 0 Å². The van der Waals surface area contributed by atoms with Crippen LogP contribution in [0.3, 0.4) is 0 Å². The van der Waals surface area contributed by atoms with E-state index >= 15 is 0 Å². The SMILES string of the molecule is CN1C23c4c5c6c7c8c9c(c%10c%11c2c2c4c4c%12c5c5c6c6c8c8c%13c9c9c%10c%10c%11c%11c2c2c4c4c%12c%12c5c5c6c8c6c8c%13c9c9c%10c%10c%11c2c2c4c4c%12c5c6c5c8c9c%10c2c45)C713. The molecule has 4 aliphatic carbocycles. The molecule has 0 unspecified atom stereocenters. The van der Waals surface area contributed by atoms with Crippen LogP contribution in [-0.4, -0.2) is 11.9 Å². The minimum atomic E-state index is -0.154. The Hall–Kier alpha value is -7.58. The summed E-state index contributed by atoms with van der Waals surface area (Å²) in [5.41, 5.74) is 6.73. The Morgan fingerprint density at radius 1 is 0.145 bits per heavy atom. The predicted octanol–water partition coefficient (Wildman–Crippen LogP) is 16.2. The van der Waals surface area contributed by atoms with Gasteiger partial charge in [-0.3, -0.25) is 4.90 Å². The van der Waals surface area contributed by atoms with Crippen LogP contribution in [0, 0.1) is 0 Å². The van der Waals surface area contributed by atoms with E-state index in [1.54, 1.807) is 313 Å². The van der Waals surface area contributed by atoms with E-state index in [1.165, 1.54) is 0 Å². The minimum Gasteiger partial charge on any atom is -0.275 e. The first-order valence-corrected chi connectivity index (χ1v) is 23.4. The zero-order valence-corrected chi connectivity index (χ0v) is 31.4. The lowest BCUT2D eigenvalue weighted by Crippen LogP contribution is -2.27. The summed E-state index contributed by atoms with van der Waals surface area (Å²) in [6.07, 6.45) is 0. The maximum absolute atomic E-state index is 3.04. The quantitative estimate of drug-likeness (QED) is 0.110. The standard InChI is InChI=1S/C61H3N/c1-62-60-56-48-40-30-20-12-4-2-3-6-10-8(4)16-24-18(10)28-22-14(6)15-7(3)11-9-5(2)13(12)21-27-17(9)25-19(11)29-23(15)33-32(22)42-36(28)46-38(24)44(34(40)26(16)20)52(56)54(46)58-50(42)51-43(33)37(29)47-39(25)45-35(27)41(31(21)30)49(48)57(60)53(45)55(47)59(51)61(58,60)62/h1H3. The molecule has 1 aliphatic heterocycles. The van der Waals surface area contributed by atoms with E-state index < -0.39 is 0 Å². The van der Waals surface area contributed by atoms with Crippen molar-refractivity contribution in [3.63, 3.8) is 0 Å². The first-order chi connectivity index (χ1) is 30.9. The van der Waals surface area contributed by atoms with Crippen LogP contribution in [0.25, 0.3) is 291 Å². The van der Waals surface area contributed by atoms with Gasteiger partial charge in [0, 0.05) is 0 Å². The summed E-state index contributed by atoms with van der Waals surface area (Å²) in [6.45, 7) is 0. The molecule has 28 aromatic rings. The van der Waals surface area contributed by atoms with E-state index in [2.05, 4.69) is 11.9 Å². The Kier molecular flexibility index (Phi) is 1.53. The zero-order chi connectivity index (χ0) is 36.1. The fourth-order valence-electron chi connectivity index (χ4n) is 24.3. The highest BCUT2D eigenvalue weighted by Gasteiger charge is 2.84. The van der Waals surface area contributed by atoms with Gasteiger partial charge in [0.1, 0.15) is 11.1 Å². The first-order valence-electron chi connectivity index (χ1n) is 23.4. The summed E-state index contributed by atoms with van der Waals surface area (Å²) < 4.78 is 0. The molecule has 0 N–H and O–H groups in total. The van der Waals surface area contributed by atoms with Crippen LogP contribution in [0.2, 0.25) is 0 Å². The van der Waals surface area contributed by atoms with Gasteiger partial charge in [-0.25, -0.2) is 0 Å². The van der Waals surface area contributed by atoms with Crippen molar-refractivity contribution in [2.75, 3.05) is 7.05 Å². The second kappa shape index (κ2) is 4.46. The minimum absolute atomic E-state index is 0.154. The molecule has 1 nitrogen and oxygen atoms in total. The number of benzene rings is 18. The highest BCUT2D eigenvalue weighted by molar-refractivity contribution is 6.82. The number of likely N-dealkylation sites (N-methyl/N-ethyl adjacent to an activating group) is 1. The topological polar surface area (TPSA) is 3.01 Å². The zero-order valence-electron chi connectivity index (χ0n) is 31.4. The Labute approximate surface area is 334 Å². The lowest BCUT2D eigenvalue weighted by molar-refractivity contribution is 0.524. The van der Waals surface area contributed by atoms with Gasteiger partial charge in [0.25, 0.3) is 0 Å². The van der Waals surface area contributed by atoms with Gasteiger partial charge in [-0.1, -0.05) is 0 Å². The number of rotatable bonds is 0. The summed E-state index contributed by atoms with van der Waals surface area (Å²) in [7, 11) is 2.62. The molecule has 0 atom stereocenters. The van der Waals surface area contributed by atoms with Crippen molar-refractivity contribution in [3.05, 3.63) is 22.3 Å². The van der Waals surface area contributed by atoms with Gasteiger partial charge in [-0.2, -0.15) is 0 Å². The largest absolute Gasteiger partial charge is 0.275 e. The molecule has 0 bridgehead atoms. The molecule has 28 aromatic carbocycles. The van der Waals surface area contributed by atoms with E-state index in [9.17, 15) is 0 Å². The van der Waals surface area contributed by atoms with E-state index in [4.69, 9.17) is 0 Å². The average Bonchev–Trinajstić information content (AvgIpc) is 4.12. The van der Waals surface area contributed by atoms with Gasteiger partial charge in [0.15, 0.2) is 0 Å². The predicted molar refractivity (Wildman–Crippen MR) is 262 cm³/mol. The van der Waals surface area contributed by atoms with Gasteiger partial charge < -0.3 is 0 Å². The molecular weight excluding hydrogens is 747 g/mol. The van der Waals surface area contributed by atoms with E-state index in [0.717, 1.165) is 0 Å². The van der Waals surface area contributed by atoms with Crippen LogP contribution < -0.4 is 0 Å². The van der Waals surface area contributed by atoms with E-state index in [0.29, 0.717) is 0 Å². The van der Waals surface area contributed by atoms with Crippen LogP contribution in [0.4, 0.5) is 0 Å². The highest BCUT2D eigenvalue weighted by atomic mass is 15.5. The number of hydrogen-bond donors (Lipinski definition) is 0. The first kappa shape index (κ1) is 21.3. The summed E-state index contributed by atoms with van der Waals surface area (Å²) in [5, 5.41) is 90.8. The van der Waals surface area contributed by atoms with Gasteiger partial charge in [-0.05, 0) is 320 Å². The molecular formula is C61H3N. The Balaban J connectivity index is 1.31. The molecule has 0 saturated carbocycles. The molecule has 252 valence electrons. The van der Waals surface area contributed by atoms with Crippen LogP contribution in [0.1, 0.15) is 22.3 Å². The Morgan fingerprint density at radius 2 is 0.226 bits per heavy atom. The Bertz CT molecular complexity index is 6340. The summed E-state index contributed by atoms with van der Waals surface area (Å²) in [5.74, 6) is 0. The molecule has 0 radical (unpaired) electrons. The normalized spacial score (nSPS) is 24.8. The summed E-state index contributed by atoms with van der Waals surface area (Å²) in [4.78, 5) is 3.04. The van der Waals surface area contributed by atoms with Crippen molar-refractivity contribution >= 4 is 291 Å². The number of hydrogen-bond acceptors (Lipinski definition) is 1. The Morgan fingerprint density at radius 3 is 0.323 bits per heavy atom. The van der Waals surface area contributed by atoms with Crippen molar-refractivity contribution in [1.29, 1.82) is 0 Å². The third kappa shape index (κ3) is 0.983. The molecule has 1 heteroatoms. The lowest BCUT2D eigenvalue weighted by atomic mass is 9.68. The van der Waals surface area contributed by atoms with Gasteiger partial charge in [-0.15, -0.1) is 0 Å². The third-order valence-corrected chi connectivity index (χ3v) is 24.2. The third-order valence-electron chi connectivity index (χ3n) is 24.2. The molecule has 2 spiro atoms. The van der Waals surface area contributed by atoms with Crippen molar-refractivity contribution < 1.29 is 0 Å². The number of nitrogens with zero attached hydrogens (tertiary/aromatic N) is 1. The fraction of sp³-hybridized carbons (Fsp3) is 0.0492. The van der Waals surface area contributed by atoms with E-state index in [1.807, 2.05) is 0 Å². The van der Waals surface area contributed by atoms with Crippen molar-refractivity contribution in [2.24, 2.45) is 0 Å². The molecule has 1 saturated heterocycles. The van der Waals surface area contributed by atoms with Gasteiger partial charge in [0.2, 0.25) is 0 Å². The van der Waals surface area contributed by atoms with Crippen molar-refractivity contribution in [3.8, 4) is 0 Å². The maximum atomic E-state index is 3.04. The maximum Gasteiger partial charge on any atom is 0.102 e. The average molecular weight is 750 g/mol. The molecule has 0 aromatic heterocycles. The second-order valence-electron chi connectivity index (χ2n) is 23.7. The van der Waals surface area contributed by atoms with Crippen LogP contribution >= 0.6 is 0 Å². The summed E-state index contributed by atoms with van der Waals surface area (Å²) in [6, 6.07) is 0. The second-order valence-corrected chi connectivity index (χ2v) is 23.7. The molecule has 5 aliphatic rings. The van der Waals surface area contributed by atoms with Crippen LogP contribution in [0.15, 0.2) is 0 Å². The molecule has 33 rings (SSSR count). The molecule has 0 amide bonds. The monoisotopic (exact) mass is 749 g/mol. The summed E-state index contributed by atoms with van der Waals surface area (Å²) >= 11 is 0. The van der Waals surface area contributed by atoms with Gasteiger partial charge in [0.05, 0.1) is 0 Å². The van der Waals surface area contributed by atoms with E-state index in [-0.39, 0.29) is 11.1 Å². The lowest BCUT2D eigenvalue weighted by Gasteiger charge is -2.30. The van der Waals surface area contributed by atoms with Crippen molar-refractivity contribution in [2.45, 2.75) is 11.1 Å². The van der Waals surface area contributed by atoms with Gasteiger partial charge >= 0.3 is 0 Å². The molecule has 1 heterocycles. The highest BCUT2D eigenvalue weighted by Crippen LogP contribution is 2.89. The van der Waals surface area contributed by atoms with Crippen LogP contribution in [-0.2, 0) is 11.1 Å².